The maximum absolute atomic E-state index is 12.0. The van der Waals surface area contributed by atoms with Gasteiger partial charge in [-0.15, -0.1) is 0 Å². The summed E-state index contributed by atoms with van der Waals surface area (Å²) in [5, 5.41) is 22.1. The van der Waals surface area contributed by atoms with E-state index in [1.54, 1.807) is 36.4 Å². The van der Waals surface area contributed by atoms with Gasteiger partial charge in [-0.3, -0.25) is 4.79 Å². The topological polar surface area (TPSA) is 69.6 Å². The summed E-state index contributed by atoms with van der Waals surface area (Å²) >= 11 is 0. The van der Waals surface area contributed by atoms with Gasteiger partial charge in [0.1, 0.15) is 5.75 Å². The van der Waals surface area contributed by atoms with Crippen LogP contribution in [0.2, 0.25) is 0 Å². The van der Waals surface area contributed by atoms with E-state index in [0.29, 0.717) is 5.56 Å². The largest absolute Gasteiger partial charge is 0.508 e. The van der Waals surface area contributed by atoms with E-state index in [1.807, 2.05) is 25.1 Å². The molecule has 22 heavy (non-hydrogen) atoms. The monoisotopic (exact) mass is 299 g/mol. The maximum atomic E-state index is 12.0. The highest BCUT2D eigenvalue weighted by atomic mass is 16.3. The van der Waals surface area contributed by atoms with Crippen LogP contribution in [0.25, 0.3) is 0 Å². The Morgan fingerprint density at radius 2 is 1.73 bits per heavy atom. The van der Waals surface area contributed by atoms with Crippen molar-refractivity contribution in [2.75, 3.05) is 0 Å². The molecule has 0 saturated heterocycles. The lowest BCUT2D eigenvalue weighted by Gasteiger charge is -2.17. The Morgan fingerprint density at radius 3 is 2.36 bits per heavy atom. The molecule has 0 aliphatic rings. The maximum Gasteiger partial charge on any atom is 0.253 e. The van der Waals surface area contributed by atoms with Crippen LogP contribution < -0.4 is 5.32 Å². The molecule has 1 amide bonds. The van der Waals surface area contributed by atoms with Gasteiger partial charge in [0.15, 0.2) is 6.10 Å². The number of phenolic OH excluding ortho intramolecular Hbond substituents is 1. The average molecular weight is 299 g/mol. The number of phenols is 1. The van der Waals surface area contributed by atoms with Crippen molar-refractivity contribution in [1.82, 2.24) is 5.32 Å². The summed E-state index contributed by atoms with van der Waals surface area (Å²) in [6.45, 7) is 1.91. The van der Waals surface area contributed by atoms with Crippen LogP contribution in [-0.4, -0.2) is 22.2 Å². The minimum atomic E-state index is -1.14. The molecular weight excluding hydrogens is 278 g/mol. The number of hydrogen-bond donors (Lipinski definition) is 3. The van der Waals surface area contributed by atoms with Crippen molar-refractivity contribution in [3.8, 4) is 5.75 Å². The molecule has 2 aromatic rings. The Hall–Kier alpha value is -2.33. The van der Waals surface area contributed by atoms with Crippen LogP contribution in [0.4, 0.5) is 0 Å². The molecule has 2 atom stereocenters. The summed E-state index contributed by atoms with van der Waals surface area (Å²) in [7, 11) is 0. The molecule has 0 heterocycles. The molecule has 0 aromatic heterocycles. The van der Waals surface area contributed by atoms with E-state index in [0.717, 1.165) is 18.4 Å². The molecule has 4 nitrogen and oxygen atoms in total. The second-order valence-corrected chi connectivity index (χ2v) is 5.43. The third-order valence-electron chi connectivity index (χ3n) is 3.55. The summed E-state index contributed by atoms with van der Waals surface area (Å²) in [5.74, 6) is -0.138. The molecule has 3 N–H and O–H groups in total. The van der Waals surface area contributed by atoms with Gasteiger partial charge in [0.2, 0.25) is 0 Å². The van der Waals surface area contributed by atoms with E-state index in [4.69, 9.17) is 0 Å². The predicted octanol–water partition coefficient (Wildman–Crippen LogP) is 2.56. The Kier molecular flexibility index (Phi) is 5.55. The minimum absolute atomic E-state index is 0.0420. The lowest BCUT2D eigenvalue weighted by atomic mass is 10.0. The fourth-order valence-corrected chi connectivity index (χ4v) is 2.23. The fourth-order valence-electron chi connectivity index (χ4n) is 2.23. The SMILES string of the molecule is C[C@H](CCc1ccc(O)cc1)NC(=O)[C@@H](O)c1ccccc1. The number of carbonyl (C=O) groups is 1. The zero-order valence-corrected chi connectivity index (χ0v) is 12.6. The molecule has 0 radical (unpaired) electrons. The summed E-state index contributed by atoms with van der Waals surface area (Å²) in [6.07, 6.45) is 0.415. The van der Waals surface area contributed by atoms with E-state index in [-0.39, 0.29) is 17.7 Å². The Bertz CT molecular complexity index is 595. The molecule has 0 unspecified atom stereocenters. The smallest absolute Gasteiger partial charge is 0.253 e. The Labute approximate surface area is 130 Å². The first kappa shape index (κ1) is 16.0. The number of benzene rings is 2. The fraction of sp³-hybridized carbons (Fsp3) is 0.278. The van der Waals surface area contributed by atoms with Gasteiger partial charge in [0.25, 0.3) is 5.91 Å². The summed E-state index contributed by atoms with van der Waals surface area (Å²) in [6, 6.07) is 15.9. The number of rotatable bonds is 6. The first-order valence-corrected chi connectivity index (χ1v) is 7.37. The highest BCUT2D eigenvalue weighted by Gasteiger charge is 2.18. The molecule has 0 aliphatic heterocycles. The number of aromatic hydroxyl groups is 1. The average Bonchev–Trinajstić information content (AvgIpc) is 2.54. The number of aryl methyl sites for hydroxylation is 1. The van der Waals surface area contributed by atoms with Crippen molar-refractivity contribution < 1.29 is 15.0 Å². The van der Waals surface area contributed by atoms with Crippen molar-refractivity contribution in [3.63, 3.8) is 0 Å². The summed E-state index contributed by atoms with van der Waals surface area (Å²) in [4.78, 5) is 12.0. The van der Waals surface area contributed by atoms with Gasteiger partial charge in [-0.1, -0.05) is 42.5 Å². The summed E-state index contributed by atoms with van der Waals surface area (Å²) in [5.41, 5.74) is 1.69. The van der Waals surface area contributed by atoms with Gasteiger partial charge >= 0.3 is 0 Å². The van der Waals surface area contributed by atoms with Crippen molar-refractivity contribution in [3.05, 3.63) is 65.7 Å². The Balaban J connectivity index is 1.82. The van der Waals surface area contributed by atoms with Crippen LogP contribution >= 0.6 is 0 Å². The Morgan fingerprint density at radius 1 is 1.09 bits per heavy atom. The third-order valence-corrected chi connectivity index (χ3v) is 3.55. The van der Waals surface area contributed by atoms with Crippen molar-refractivity contribution in [2.45, 2.75) is 31.9 Å². The van der Waals surface area contributed by atoms with Crippen LogP contribution in [0.15, 0.2) is 54.6 Å². The standard InChI is InChI=1S/C18H21NO3/c1-13(7-8-14-9-11-16(20)12-10-14)19-18(22)17(21)15-5-3-2-4-6-15/h2-6,9-13,17,20-21H,7-8H2,1H3,(H,19,22)/t13-,17+/m1/s1. The first-order chi connectivity index (χ1) is 10.6. The van der Waals surface area contributed by atoms with Crippen LogP contribution in [0.1, 0.15) is 30.6 Å². The molecule has 0 saturated carbocycles. The van der Waals surface area contributed by atoms with Gasteiger partial charge in [0, 0.05) is 6.04 Å². The third kappa shape index (κ3) is 4.60. The molecule has 0 spiro atoms. The number of amides is 1. The van der Waals surface area contributed by atoms with E-state index in [1.165, 1.54) is 0 Å². The van der Waals surface area contributed by atoms with Gasteiger partial charge in [0.05, 0.1) is 0 Å². The molecule has 0 aliphatic carbocycles. The van der Waals surface area contributed by atoms with Crippen molar-refractivity contribution in [1.29, 1.82) is 0 Å². The molecule has 0 bridgehead atoms. The van der Waals surface area contributed by atoms with Crippen molar-refractivity contribution >= 4 is 5.91 Å². The quantitative estimate of drug-likeness (QED) is 0.768. The number of hydrogen-bond acceptors (Lipinski definition) is 3. The predicted molar refractivity (Wildman–Crippen MR) is 85.4 cm³/mol. The van der Waals surface area contributed by atoms with Crippen LogP contribution in [0.3, 0.4) is 0 Å². The second kappa shape index (κ2) is 7.61. The lowest BCUT2D eigenvalue weighted by molar-refractivity contribution is -0.130. The highest BCUT2D eigenvalue weighted by molar-refractivity contribution is 5.82. The second-order valence-electron chi connectivity index (χ2n) is 5.43. The van der Waals surface area contributed by atoms with E-state index >= 15 is 0 Å². The molecule has 4 heteroatoms. The number of nitrogens with one attached hydrogen (secondary N) is 1. The zero-order chi connectivity index (χ0) is 15.9. The minimum Gasteiger partial charge on any atom is -0.508 e. The molecular formula is C18H21NO3. The van der Waals surface area contributed by atoms with Crippen LogP contribution in [0.5, 0.6) is 5.75 Å². The normalized spacial score (nSPS) is 13.4. The van der Waals surface area contributed by atoms with Crippen LogP contribution in [0, 0.1) is 0 Å². The molecule has 0 fully saturated rings. The lowest BCUT2D eigenvalue weighted by Crippen LogP contribution is -2.36. The number of aliphatic hydroxyl groups is 1. The van der Waals surface area contributed by atoms with Gasteiger partial charge in [-0.2, -0.15) is 0 Å². The van der Waals surface area contributed by atoms with E-state index in [2.05, 4.69) is 5.32 Å². The zero-order valence-electron chi connectivity index (χ0n) is 12.6. The van der Waals surface area contributed by atoms with Crippen molar-refractivity contribution in [2.24, 2.45) is 0 Å². The van der Waals surface area contributed by atoms with Gasteiger partial charge in [-0.05, 0) is 43.0 Å². The first-order valence-electron chi connectivity index (χ1n) is 7.37. The van der Waals surface area contributed by atoms with E-state index in [9.17, 15) is 15.0 Å². The summed E-state index contributed by atoms with van der Waals surface area (Å²) < 4.78 is 0. The molecule has 116 valence electrons. The number of aliphatic hydroxyl groups excluding tert-OH is 1. The number of carbonyl (C=O) groups excluding carboxylic acids is 1. The highest BCUT2D eigenvalue weighted by Crippen LogP contribution is 2.14. The van der Waals surface area contributed by atoms with Gasteiger partial charge in [-0.25, -0.2) is 0 Å². The molecule has 2 rings (SSSR count). The van der Waals surface area contributed by atoms with Crippen LogP contribution in [-0.2, 0) is 11.2 Å². The van der Waals surface area contributed by atoms with E-state index < -0.39 is 6.10 Å². The molecule has 2 aromatic carbocycles. The van der Waals surface area contributed by atoms with Gasteiger partial charge < -0.3 is 15.5 Å².